The predicted octanol–water partition coefficient (Wildman–Crippen LogP) is 1.92. The molecular formula is C22H35N5O5S. The van der Waals surface area contributed by atoms with Crippen molar-refractivity contribution < 1.29 is 22.7 Å². The van der Waals surface area contributed by atoms with Crippen molar-refractivity contribution in [1.82, 2.24) is 19.6 Å². The molecule has 0 radical (unpaired) electrons. The summed E-state index contributed by atoms with van der Waals surface area (Å²) in [5.74, 6) is 0.723. The van der Waals surface area contributed by atoms with Crippen LogP contribution in [0.3, 0.4) is 0 Å². The van der Waals surface area contributed by atoms with Gasteiger partial charge in [0.05, 0.1) is 30.1 Å². The molecule has 2 atom stereocenters. The smallest absolute Gasteiger partial charge is 0.410 e. The molecule has 2 saturated heterocycles. The summed E-state index contributed by atoms with van der Waals surface area (Å²) in [6.07, 6.45) is 7.29. The minimum Gasteiger partial charge on any atom is -0.447 e. The van der Waals surface area contributed by atoms with Gasteiger partial charge in [0.25, 0.3) is 0 Å². The quantitative estimate of drug-likeness (QED) is 0.599. The van der Waals surface area contributed by atoms with Crippen LogP contribution in [0.2, 0.25) is 0 Å². The number of anilines is 1. The van der Waals surface area contributed by atoms with Crippen LogP contribution in [0.1, 0.15) is 52.4 Å². The number of carbonyl (C=O) groups is 1. The molecule has 1 N–H and O–H groups in total. The molecule has 1 amide bonds. The molecule has 1 aliphatic carbocycles. The normalized spacial score (nSPS) is 24.8. The molecule has 10 nitrogen and oxygen atoms in total. The fourth-order valence-corrected chi connectivity index (χ4v) is 6.14. The third-order valence-corrected chi connectivity index (χ3v) is 8.39. The molecule has 1 saturated carbocycles. The van der Waals surface area contributed by atoms with Crippen LogP contribution in [0, 0.1) is 0 Å². The average molecular weight is 482 g/mol. The molecule has 0 aromatic carbocycles. The van der Waals surface area contributed by atoms with Gasteiger partial charge in [-0.05, 0) is 58.4 Å². The maximum Gasteiger partial charge on any atom is 0.410 e. The lowest BCUT2D eigenvalue weighted by molar-refractivity contribution is -0.0241. The molecule has 184 valence electrons. The Morgan fingerprint density at radius 2 is 1.82 bits per heavy atom. The second-order valence-corrected chi connectivity index (χ2v) is 11.4. The molecule has 2 aliphatic heterocycles. The van der Waals surface area contributed by atoms with E-state index in [0.29, 0.717) is 25.8 Å². The molecule has 11 heteroatoms. The first-order valence-corrected chi connectivity index (χ1v) is 13.5. The standard InChI is InChI=1S/C22H35N5O5S/c1-16(2)32-22(28)27-12-3-5-19(25-33(29,30)18-6-7-18)20(27)15-31-17-8-13-26(14-9-17)21-23-10-4-11-24-21/h4,10-11,16-20,25H,3,5-9,12-15H2,1-2H3/t19-,20-/m0/s1. The second-order valence-electron chi connectivity index (χ2n) is 9.37. The predicted molar refractivity (Wildman–Crippen MR) is 123 cm³/mol. The lowest BCUT2D eigenvalue weighted by atomic mass is 9.97. The molecule has 33 heavy (non-hydrogen) atoms. The van der Waals surface area contributed by atoms with Gasteiger partial charge < -0.3 is 19.3 Å². The lowest BCUT2D eigenvalue weighted by Crippen LogP contribution is -2.59. The van der Waals surface area contributed by atoms with E-state index < -0.39 is 22.2 Å². The van der Waals surface area contributed by atoms with Crippen molar-refractivity contribution in [2.75, 3.05) is 31.1 Å². The molecule has 3 heterocycles. The molecular weight excluding hydrogens is 446 g/mol. The minimum absolute atomic E-state index is 0.0375. The first-order chi connectivity index (χ1) is 15.8. The Hall–Kier alpha value is -1.98. The number of hydrogen-bond donors (Lipinski definition) is 1. The Labute approximate surface area is 196 Å². The fourth-order valence-electron chi connectivity index (χ4n) is 4.49. The summed E-state index contributed by atoms with van der Waals surface area (Å²) in [5.41, 5.74) is 0. The van der Waals surface area contributed by atoms with Crippen molar-refractivity contribution in [3.63, 3.8) is 0 Å². The van der Waals surface area contributed by atoms with Gasteiger partial charge in [-0.2, -0.15) is 0 Å². The molecule has 1 aromatic heterocycles. The number of likely N-dealkylation sites (tertiary alicyclic amines) is 1. The first kappa shape index (κ1) is 24.2. The number of hydrogen-bond acceptors (Lipinski definition) is 8. The Kier molecular flexibility index (Phi) is 7.70. The molecule has 1 aromatic rings. The summed E-state index contributed by atoms with van der Waals surface area (Å²) in [6, 6.07) is 1.03. The van der Waals surface area contributed by atoms with E-state index in [1.807, 2.05) is 13.8 Å². The van der Waals surface area contributed by atoms with Gasteiger partial charge in [0.15, 0.2) is 0 Å². The summed E-state index contributed by atoms with van der Waals surface area (Å²) in [6.45, 7) is 6.00. The summed E-state index contributed by atoms with van der Waals surface area (Å²) in [5, 5.41) is -0.304. The van der Waals surface area contributed by atoms with Crippen LogP contribution in [-0.2, 0) is 19.5 Å². The highest BCUT2D eigenvalue weighted by atomic mass is 32.2. The molecule has 3 aliphatic rings. The minimum atomic E-state index is -3.38. The first-order valence-electron chi connectivity index (χ1n) is 12.0. The maximum absolute atomic E-state index is 12.8. The van der Waals surface area contributed by atoms with Gasteiger partial charge in [-0.25, -0.2) is 27.9 Å². The SMILES string of the molecule is CC(C)OC(=O)N1CCC[C@H](NS(=O)(=O)C2CC2)[C@@H]1COC1CCN(c2ncccn2)CC1. The summed E-state index contributed by atoms with van der Waals surface area (Å²) >= 11 is 0. The molecule has 3 fully saturated rings. The zero-order valence-corrected chi connectivity index (χ0v) is 20.2. The third-order valence-electron chi connectivity index (χ3n) is 6.41. The number of sulfonamides is 1. The number of amides is 1. The summed E-state index contributed by atoms with van der Waals surface area (Å²) < 4.78 is 39.9. The topological polar surface area (TPSA) is 114 Å². The van der Waals surface area contributed by atoms with Crippen LogP contribution in [-0.4, -0.2) is 85.2 Å². The number of nitrogens with zero attached hydrogens (tertiary/aromatic N) is 4. The van der Waals surface area contributed by atoms with Crippen LogP contribution in [0.15, 0.2) is 18.5 Å². The average Bonchev–Trinajstić information content (AvgIpc) is 3.65. The van der Waals surface area contributed by atoms with Crippen LogP contribution in [0.25, 0.3) is 0 Å². The van der Waals surface area contributed by atoms with Crippen LogP contribution in [0.4, 0.5) is 10.7 Å². The van der Waals surface area contributed by atoms with Crippen molar-refractivity contribution in [2.45, 2.75) is 81.9 Å². The summed E-state index contributed by atoms with van der Waals surface area (Å²) in [4.78, 5) is 25.2. The second kappa shape index (κ2) is 10.5. The van der Waals surface area contributed by atoms with Crippen molar-refractivity contribution in [1.29, 1.82) is 0 Å². The third kappa shape index (κ3) is 6.33. The van der Waals surface area contributed by atoms with Crippen molar-refractivity contribution in [3.8, 4) is 0 Å². The van der Waals surface area contributed by atoms with E-state index in [4.69, 9.17) is 9.47 Å². The Morgan fingerprint density at radius 3 is 2.45 bits per heavy atom. The van der Waals surface area contributed by atoms with Crippen LogP contribution in [0.5, 0.6) is 0 Å². The van der Waals surface area contributed by atoms with Crippen molar-refractivity contribution >= 4 is 22.1 Å². The number of rotatable bonds is 8. The van der Waals surface area contributed by atoms with E-state index >= 15 is 0 Å². The van der Waals surface area contributed by atoms with Gasteiger partial charge in [-0.1, -0.05) is 0 Å². The highest BCUT2D eigenvalue weighted by Crippen LogP contribution is 2.30. The van der Waals surface area contributed by atoms with Gasteiger partial charge in [0, 0.05) is 38.1 Å². The van der Waals surface area contributed by atoms with Crippen LogP contribution >= 0.6 is 0 Å². The number of aromatic nitrogens is 2. The Balaban J connectivity index is 1.38. The maximum atomic E-state index is 12.8. The van der Waals surface area contributed by atoms with Crippen molar-refractivity contribution in [3.05, 3.63) is 18.5 Å². The van der Waals surface area contributed by atoms with E-state index in [1.54, 1.807) is 23.4 Å². The molecule has 0 bridgehead atoms. The van der Waals surface area contributed by atoms with E-state index in [0.717, 1.165) is 38.3 Å². The monoisotopic (exact) mass is 481 g/mol. The van der Waals surface area contributed by atoms with E-state index in [-0.39, 0.29) is 30.1 Å². The Morgan fingerprint density at radius 1 is 1.12 bits per heavy atom. The van der Waals surface area contributed by atoms with Gasteiger partial charge in [-0.15, -0.1) is 0 Å². The highest BCUT2D eigenvalue weighted by molar-refractivity contribution is 7.90. The highest BCUT2D eigenvalue weighted by Gasteiger charge is 2.42. The molecule has 4 rings (SSSR count). The number of carbonyl (C=O) groups excluding carboxylic acids is 1. The summed E-state index contributed by atoms with van der Waals surface area (Å²) in [7, 11) is -3.38. The number of ether oxygens (including phenoxy) is 2. The number of nitrogens with one attached hydrogen (secondary N) is 1. The lowest BCUT2D eigenvalue weighted by Gasteiger charge is -2.42. The van der Waals surface area contributed by atoms with E-state index in [9.17, 15) is 13.2 Å². The Bertz CT molecular complexity index is 888. The fraction of sp³-hybridized carbons (Fsp3) is 0.773. The van der Waals surface area contributed by atoms with Crippen molar-refractivity contribution in [2.24, 2.45) is 0 Å². The van der Waals surface area contributed by atoms with Gasteiger partial charge >= 0.3 is 6.09 Å². The molecule has 0 spiro atoms. The van der Waals surface area contributed by atoms with Crippen LogP contribution < -0.4 is 9.62 Å². The zero-order chi connectivity index (χ0) is 23.4. The van der Waals surface area contributed by atoms with Gasteiger partial charge in [0.2, 0.25) is 16.0 Å². The van der Waals surface area contributed by atoms with Gasteiger partial charge in [0.1, 0.15) is 0 Å². The largest absolute Gasteiger partial charge is 0.447 e. The van der Waals surface area contributed by atoms with Gasteiger partial charge in [-0.3, -0.25) is 0 Å². The number of piperidine rings is 2. The van der Waals surface area contributed by atoms with E-state index in [1.165, 1.54) is 0 Å². The van der Waals surface area contributed by atoms with E-state index in [2.05, 4.69) is 19.6 Å². The zero-order valence-electron chi connectivity index (χ0n) is 19.4. The molecule has 0 unspecified atom stereocenters.